The van der Waals surface area contributed by atoms with Gasteiger partial charge in [0.2, 0.25) is 0 Å². The van der Waals surface area contributed by atoms with Gasteiger partial charge in [0.1, 0.15) is 0 Å². The Morgan fingerprint density at radius 3 is 2.64 bits per heavy atom. The molecule has 0 atom stereocenters. The van der Waals surface area contributed by atoms with Crippen molar-refractivity contribution in [3.05, 3.63) is 77.6 Å². The maximum absolute atomic E-state index is 12.2. The molecule has 3 N–H and O–H groups in total. The third kappa shape index (κ3) is 4.56. The lowest BCUT2D eigenvalue weighted by atomic mass is 10.3. The fraction of sp³-hybridized carbons (Fsp3) is 0. The fourth-order valence-corrected chi connectivity index (χ4v) is 2.44. The minimum absolute atomic E-state index is 0.242. The summed E-state index contributed by atoms with van der Waals surface area (Å²) in [6.07, 6.45) is 3.12. The molecule has 1 aromatic heterocycles. The van der Waals surface area contributed by atoms with Crippen LogP contribution in [-0.2, 0) is 0 Å². The first-order valence-corrected chi connectivity index (χ1v) is 8.13. The predicted octanol–water partition coefficient (Wildman–Crippen LogP) is 3.16. The van der Waals surface area contributed by atoms with Crippen LogP contribution in [0.3, 0.4) is 0 Å². The molecule has 0 spiro atoms. The number of hydrogen-bond donors (Lipinski definition) is 3. The quantitative estimate of drug-likeness (QED) is 0.487. The number of nitrogens with zero attached hydrogens (tertiary/aromatic N) is 2. The summed E-state index contributed by atoms with van der Waals surface area (Å²) < 4.78 is 1.62. The molecule has 0 aliphatic heterocycles. The van der Waals surface area contributed by atoms with Gasteiger partial charge in [-0.15, -0.1) is 0 Å². The molecule has 8 heteroatoms. The van der Waals surface area contributed by atoms with Crippen LogP contribution in [0.1, 0.15) is 10.4 Å². The van der Waals surface area contributed by atoms with E-state index in [4.69, 9.17) is 23.8 Å². The lowest BCUT2D eigenvalue weighted by Crippen LogP contribution is -2.43. The number of amides is 1. The summed E-state index contributed by atoms with van der Waals surface area (Å²) in [4.78, 5) is 12.2. The third-order valence-corrected chi connectivity index (χ3v) is 3.68. The predicted molar refractivity (Wildman–Crippen MR) is 102 cm³/mol. The number of carbonyl (C=O) groups excluding carboxylic acids is 1. The van der Waals surface area contributed by atoms with Crippen LogP contribution in [0, 0.1) is 0 Å². The molecule has 0 saturated carbocycles. The molecule has 6 nitrogen and oxygen atoms in total. The third-order valence-electron chi connectivity index (χ3n) is 3.24. The summed E-state index contributed by atoms with van der Waals surface area (Å²) in [7, 11) is 0. The van der Waals surface area contributed by atoms with Crippen LogP contribution in [0.15, 0.2) is 67.0 Å². The zero-order valence-electron chi connectivity index (χ0n) is 12.9. The maximum atomic E-state index is 12.2. The Labute approximate surface area is 154 Å². The van der Waals surface area contributed by atoms with Crippen molar-refractivity contribution >= 4 is 40.5 Å². The Kier molecular flexibility index (Phi) is 5.27. The highest BCUT2D eigenvalue weighted by Crippen LogP contribution is 2.14. The van der Waals surface area contributed by atoms with Crippen molar-refractivity contribution in [1.82, 2.24) is 20.6 Å². The normalized spacial score (nSPS) is 10.1. The molecule has 0 unspecified atom stereocenters. The number of thiocarbonyl (C=S) groups is 1. The number of halogens is 1. The summed E-state index contributed by atoms with van der Waals surface area (Å²) in [5.41, 5.74) is 7.15. The highest BCUT2D eigenvalue weighted by atomic mass is 35.5. The van der Waals surface area contributed by atoms with Crippen molar-refractivity contribution in [2.45, 2.75) is 0 Å². The van der Waals surface area contributed by atoms with Crippen LogP contribution in [0.2, 0.25) is 5.02 Å². The number of rotatable bonds is 3. The van der Waals surface area contributed by atoms with E-state index in [2.05, 4.69) is 21.3 Å². The van der Waals surface area contributed by atoms with E-state index in [1.807, 2.05) is 36.4 Å². The molecule has 126 valence electrons. The first-order valence-electron chi connectivity index (χ1n) is 7.35. The Morgan fingerprint density at radius 1 is 1.08 bits per heavy atom. The smallest absolute Gasteiger partial charge is 0.272 e. The van der Waals surface area contributed by atoms with E-state index in [-0.39, 0.29) is 11.0 Å². The molecule has 2 aromatic carbocycles. The minimum Gasteiger partial charge on any atom is -0.331 e. The molecule has 25 heavy (non-hydrogen) atoms. The lowest BCUT2D eigenvalue weighted by Gasteiger charge is -2.11. The van der Waals surface area contributed by atoms with Gasteiger partial charge in [-0.25, -0.2) is 4.68 Å². The Hall–Kier alpha value is -2.90. The second kappa shape index (κ2) is 7.78. The molecule has 1 amide bonds. The van der Waals surface area contributed by atoms with Crippen LogP contribution >= 0.6 is 23.8 Å². The van der Waals surface area contributed by atoms with Gasteiger partial charge >= 0.3 is 0 Å². The summed E-state index contributed by atoms with van der Waals surface area (Å²) >= 11 is 11.0. The number of carbonyl (C=O) groups is 1. The Bertz CT molecular complexity index is 897. The first kappa shape index (κ1) is 16.9. The maximum Gasteiger partial charge on any atom is 0.272 e. The lowest BCUT2D eigenvalue weighted by molar-refractivity contribution is 0.0944. The number of aromatic nitrogens is 2. The Balaban J connectivity index is 1.56. The molecular formula is C17H14ClN5OS. The highest BCUT2D eigenvalue weighted by molar-refractivity contribution is 7.80. The summed E-state index contributed by atoms with van der Waals surface area (Å²) in [5, 5.41) is 7.93. The van der Waals surface area contributed by atoms with Gasteiger partial charge in [-0.2, -0.15) is 5.10 Å². The number of hydrogen-bond acceptors (Lipinski definition) is 3. The van der Waals surface area contributed by atoms with Crippen molar-refractivity contribution < 1.29 is 4.79 Å². The van der Waals surface area contributed by atoms with Gasteiger partial charge in [-0.05, 0) is 42.5 Å². The van der Waals surface area contributed by atoms with E-state index in [1.54, 1.807) is 29.1 Å². The van der Waals surface area contributed by atoms with Gasteiger partial charge in [0.25, 0.3) is 5.91 Å². The number of anilines is 1. The molecule has 0 bridgehead atoms. The number of hydrazine groups is 1. The topological polar surface area (TPSA) is 71.0 Å². The van der Waals surface area contributed by atoms with Gasteiger partial charge < -0.3 is 5.32 Å². The molecule has 0 fully saturated rings. The van der Waals surface area contributed by atoms with Crippen molar-refractivity contribution in [1.29, 1.82) is 0 Å². The second-order valence-corrected chi connectivity index (χ2v) is 5.90. The van der Waals surface area contributed by atoms with Crippen molar-refractivity contribution in [2.24, 2.45) is 0 Å². The van der Waals surface area contributed by atoms with Crippen molar-refractivity contribution in [3.8, 4) is 5.69 Å². The van der Waals surface area contributed by atoms with E-state index in [0.717, 1.165) is 11.4 Å². The largest absolute Gasteiger partial charge is 0.331 e. The molecule has 3 aromatic rings. The zero-order chi connectivity index (χ0) is 17.6. The van der Waals surface area contributed by atoms with E-state index < -0.39 is 0 Å². The first-order chi connectivity index (χ1) is 12.1. The van der Waals surface area contributed by atoms with Crippen molar-refractivity contribution in [2.75, 3.05) is 5.32 Å². The summed E-state index contributed by atoms with van der Waals surface area (Å²) in [5.74, 6) is -0.350. The standard InChI is InChI=1S/C17H14ClN5OS/c18-13-5-4-6-14(9-13)20-17(25)22-21-16(24)12-10-19-23(11-12)15-7-2-1-3-8-15/h1-11H,(H,21,24)(H2,20,22,25). The van der Waals surface area contributed by atoms with Gasteiger partial charge in [0, 0.05) is 16.9 Å². The van der Waals surface area contributed by atoms with Gasteiger partial charge in [0.05, 0.1) is 17.4 Å². The van der Waals surface area contributed by atoms with E-state index in [0.29, 0.717) is 10.6 Å². The number of para-hydroxylation sites is 1. The van der Waals surface area contributed by atoms with Crippen LogP contribution in [-0.4, -0.2) is 20.8 Å². The zero-order valence-corrected chi connectivity index (χ0v) is 14.5. The number of nitrogens with one attached hydrogen (secondary N) is 3. The van der Waals surface area contributed by atoms with Gasteiger partial charge in [0.15, 0.2) is 5.11 Å². The van der Waals surface area contributed by atoms with E-state index >= 15 is 0 Å². The van der Waals surface area contributed by atoms with Gasteiger partial charge in [-0.1, -0.05) is 35.9 Å². The average molecular weight is 372 g/mol. The van der Waals surface area contributed by atoms with E-state index in [1.165, 1.54) is 6.20 Å². The number of benzene rings is 2. The molecule has 0 aliphatic carbocycles. The average Bonchev–Trinajstić information content (AvgIpc) is 3.11. The molecular weight excluding hydrogens is 358 g/mol. The minimum atomic E-state index is -0.350. The summed E-state index contributed by atoms with van der Waals surface area (Å²) in [6, 6.07) is 16.6. The molecule has 0 radical (unpaired) electrons. The van der Waals surface area contributed by atoms with Gasteiger partial charge in [-0.3, -0.25) is 15.6 Å². The van der Waals surface area contributed by atoms with E-state index in [9.17, 15) is 4.79 Å². The fourth-order valence-electron chi connectivity index (χ4n) is 2.08. The van der Waals surface area contributed by atoms with Crippen LogP contribution in [0.4, 0.5) is 5.69 Å². The van der Waals surface area contributed by atoms with Crippen LogP contribution in [0.5, 0.6) is 0 Å². The molecule has 1 heterocycles. The molecule has 0 aliphatic rings. The van der Waals surface area contributed by atoms with Crippen molar-refractivity contribution in [3.63, 3.8) is 0 Å². The highest BCUT2D eigenvalue weighted by Gasteiger charge is 2.09. The monoisotopic (exact) mass is 371 g/mol. The SMILES string of the molecule is O=C(NNC(=S)Nc1cccc(Cl)c1)c1cnn(-c2ccccc2)c1. The molecule has 0 saturated heterocycles. The summed E-state index contributed by atoms with van der Waals surface area (Å²) in [6.45, 7) is 0. The molecule has 3 rings (SSSR count). The van der Waals surface area contributed by atoms with Crippen LogP contribution < -0.4 is 16.2 Å². The van der Waals surface area contributed by atoms with Crippen LogP contribution in [0.25, 0.3) is 5.69 Å². The second-order valence-electron chi connectivity index (χ2n) is 5.05. The Morgan fingerprint density at radius 2 is 1.88 bits per heavy atom.